The average Bonchev–Trinajstić information content (AvgIpc) is 2.46. The maximum Gasteiger partial charge on any atom is 0.244 e. The molecule has 5 heteroatoms. The van der Waals surface area contributed by atoms with Gasteiger partial charge in [0.25, 0.3) is 0 Å². The van der Waals surface area contributed by atoms with E-state index in [4.69, 9.17) is 23.2 Å². The standard InChI is InChI=1S/C17H14Cl2FNO/c1-11(15-8-5-13(18)10-16(15)19)21-17(22)9-4-12-2-6-14(20)7-3-12/h2-11H,1H3,(H,21,22)/b9-4+/t11-/m0/s1. The molecule has 0 aromatic heterocycles. The molecule has 114 valence electrons. The molecule has 0 unspecified atom stereocenters. The second-order valence-corrected chi connectivity index (χ2v) is 5.62. The first-order valence-corrected chi connectivity index (χ1v) is 7.40. The molecule has 1 amide bonds. The van der Waals surface area contributed by atoms with Crippen LogP contribution in [0.25, 0.3) is 6.08 Å². The second kappa shape index (κ2) is 7.43. The van der Waals surface area contributed by atoms with Gasteiger partial charge in [-0.3, -0.25) is 4.79 Å². The predicted molar refractivity (Wildman–Crippen MR) is 88.5 cm³/mol. The molecule has 2 aromatic rings. The fraction of sp³-hybridized carbons (Fsp3) is 0.118. The van der Waals surface area contributed by atoms with Crippen molar-refractivity contribution in [2.45, 2.75) is 13.0 Å². The van der Waals surface area contributed by atoms with Crippen LogP contribution in [0.1, 0.15) is 24.1 Å². The summed E-state index contributed by atoms with van der Waals surface area (Å²) in [6.07, 6.45) is 3.01. The predicted octanol–water partition coefficient (Wildman–Crippen LogP) is 5.02. The van der Waals surface area contributed by atoms with Crippen molar-refractivity contribution in [2.24, 2.45) is 0 Å². The van der Waals surface area contributed by atoms with E-state index in [0.717, 1.165) is 11.1 Å². The number of benzene rings is 2. The highest BCUT2D eigenvalue weighted by Gasteiger charge is 2.11. The molecule has 0 saturated carbocycles. The SMILES string of the molecule is C[C@H](NC(=O)/C=C/c1ccc(F)cc1)c1ccc(Cl)cc1Cl. The summed E-state index contributed by atoms with van der Waals surface area (Å²) in [5.74, 6) is -0.574. The van der Waals surface area contributed by atoms with Crippen molar-refractivity contribution in [3.05, 3.63) is 75.5 Å². The highest BCUT2D eigenvalue weighted by molar-refractivity contribution is 6.35. The van der Waals surface area contributed by atoms with E-state index in [-0.39, 0.29) is 17.8 Å². The summed E-state index contributed by atoms with van der Waals surface area (Å²) in [7, 11) is 0. The number of halogens is 3. The summed E-state index contributed by atoms with van der Waals surface area (Å²) in [6.45, 7) is 1.83. The molecule has 0 aliphatic carbocycles. The Morgan fingerprint density at radius 1 is 1.18 bits per heavy atom. The molecular weight excluding hydrogens is 324 g/mol. The van der Waals surface area contributed by atoms with Gasteiger partial charge in [-0.25, -0.2) is 4.39 Å². The van der Waals surface area contributed by atoms with Crippen LogP contribution in [-0.2, 0) is 4.79 Å². The van der Waals surface area contributed by atoms with Gasteiger partial charge in [-0.05, 0) is 48.4 Å². The van der Waals surface area contributed by atoms with Crippen molar-refractivity contribution in [1.82, 2.24) is 5.32 Å². The summed E-state index contributed by atoms with van der Waals surface area (Å²) in [6, 6.07) is 10.8. The second-order valence-electron chi connectivity index (χ2n) is 4.78. The highest BCUT2D eigenvalue weighted by atomic mass is 35.5. The van der Waals surface area contributed by atoms with E-state index >= 15 is 0 Å². The molecule has 0 aliphatic heterocycles. The Kier molecular flexibility index (Phi) is 5.58. The lowest BCUT2D eigenvalue weighted by molar-refractivity contribution is -0.117. The molecule has 0 aliphatic rings. The molecule has 1 atom stereocenters. The number of carbonyl (C=O) groups is 1. The Hall–Kier alpha value is -1.84. The van der Waals surface area contributed by atoms with Crippen LogP contribution in [0, 0.1) is 5.82 Å². The molecule has 2 rings (SSSR count). The van der Waals surface area contributed by atoms with Gasteiger partial charge in [0.2, 0.25) is 5.91 Å². The van der Waals surface area contributed by atoms with Crippen molar-refractivity contribution >= 4 is 35.2 Å². The lowest BCUT2D eigenvalue weighted by atomic mass is 10.1. The van der Waals surface area contributed by atoms with Gasteiger partial charge in [0, 0.05) is 16.1 Å². The van der Waals surface area contributed by atoms with E-state index in [1.807, 2.05) is 6.92 Å². The van der Waals surface area contributed by atoms with Crippen molar-refractivity contribution in [2.75, 3.05) is 0 Å². The van der Waals surface area contributed by atoms with E-state index in [2.05, 4.69) is 5.32 Å². The summed E-state index contributed by atoms with van der Waals surface area (Å²) in [5.41, 5.74) is 1.53. The topological polar surface area (TPSA) is 29.1 Å². The molecule has 0 spiro atoms. The van der Waals surface area contributed by atoms with Crippen molar-refractivity contribution in [1.29, 1.82) is 0 Å². The third-order valence-corrected chi connectivity index (χ3v) is 3.65. The van der Waals surface area contributed by atoms with Gasteiger partial charge < -0.3 is 5.32 Å². The molecule has 2 nitrogen and oxygen atoms in total. The van der Waals surface area contributed by atoms with Crippen LogP contribution in [0.5, 0.6) is 0 Å². The lowest BCUT2D eigenvalue weighted by Gasteiger charge is -2.14. The molecule has 2 aromatic carbocycles. The van der Waals surface area contributed by atoms with Crippen molar-refractivity contribution < 1.29 is 9.18 Å². The maximum absolute atomic E-state index is 12.8. The summed E-state index contributed by atoms with van der Waals surface area (Å²) in [5, 5.41) is 3.86. The fourth-order valence-electron chi connectivity index (χ4n) is 1.94. The maximum atomic E-state index is 12.8. The Morgan fingerprint density at radius 3 is 2.50 bits per heavy atom. The molecular formula is C17H14Cl2FNO. The molecule has 22 heavy (non-hydrogen) atoms. The van der Waals surface area contributed by atoms with Crippen molar-refractivity contribution in [3.63, 3.8) is 0 Å². The normalized spacial score (nSPS) is 12.4. The smallest absolute Gasteiger partial charge is 0.244 e. The van der Waals surface area contributed by atoms with E-state index in [1.165, 1.54) is 18.2 Å². The number of hydrogen-bond donors (Lipinski definition) is 1. The third-order valence-electron chi connectivity index (χ3n) is 3.08. The van der Waals surface area contributed by atoms with E-state index in [0.29, 0.717) is 10.0 Å². The van der Waals surface area contributed by atoms with Crippen LogP contribution in [0.15, 0.2) is 48.5 Å². The summed E-state index contributed by atoms with van der Waals surface area (Å²) < 4.78 is 12.8. The average molecular weight is 338 g/mol. The van der Waals surface area contributed by atoms with Gasteiger partial charge in [-0.1, -0.05) is 41.4 Å². The van der Waals surface area contributed by atoms with Crippen molar-refractivity contribution in [3.8, 4) is 0 Å². The number of amides is 1. The van der Waals surface area contributed by atoms with E-state index < -0.39 is 0 Å². The fourth-order valence-corrected chi connectivity index (χ4v) is 2.51. The van der Waals surface area contributed by atoms with Crippen LogP contribution >= 0.6 is 23.2 Å². The number of rotatable bonds is 4. The minimum atomic E-state index is -0.312. The van der Waals surface area contributed by atoms with Gasteiger partial charge >= 0.3 is 0 Å². The quantitative estimate of drug-likeness (QED) is 0.779. The van der Waals surface area contributed by atoms with Gasteiger partial charge in [0.1, 0.15) is 5.82 Å². The largest absolute Gasteiger partial charge is 0.346 e. The molecule has 0 heterocycles. The monoisotopic (exact) mass is 337 g/mol. The molecule has 0 saturated heterocycles. The minimum absolute atomic E-state index is 0.255. The third kappa shape index (κ3) is 4.58. The van der Waals surface area contributed by atoms with Crippen LogP contribution in [0.3, 0.4) is 0 Å². The van der Waals surface area contributed by atoms with Crippen LogP contribution in [0.2, 0.25) is 10.0 Å². The first-order valence-electron chi connectivity index (χ1n) is 6.65. The Morgan fingerprint density at radius 2 is 1.86 bits per heavy atom. The molecule has 0 bridgehead atoms. The first kappa shape index (κ1) is 16.5. The number of carbonyl (C=O) groups excluding carboxylic acids is 1. The van der Waals surface area contributed by atoms with E-state index in [1.54, 1.807) is 36.4 Å². The Balaban J connectivity index is 2.00. The molecule has 0 fully saturated rings. The number of hydrogen-bond acceptors (Lipinski definition) is 1. The molecule has 0 radical (unpaired) electrons. The first-order chi connectivity index (χ1) is 10.5. The minimum Gasteiger partial charge on any atom is -0.346 e. The van der Waals surface area contributed by atoms with E-state index in [9.17, 15) is 9.18 Å². The van der Waals surface area contributed by atoms with Gasteiger partial charge in [0.15, 0.2) is 0 Å². The van der Waals surface area contributed by atoms with Crippen LogP contribution in [0.4, 0.5) is 4.39 Å². The molecule has 1 N–H and O–H groups in total. The lowest BCUT2D eigenvalue weighted by Crippen LogP contribution is -2.24. The highest BCUT2D eigenvalue weighted by Crippen LogP contribution is 2.26. The summed E-state index contributed by atoms with van der Waals surface area (Å²) in [4.78, 5) is 11.9. The zero-order chi connectivity index (χ0) is 16.1. The van der Waals surface area contributed by atoms with Gasteiger partial charge in [0.05, 0.1) is 6.04 Å². The Bertz CT molecular complexity index is 698. The zero-order valence-electron chi connectivity index (χ0n) is 11.8. The van der Waals surface area contributed by atoms with Crippen LogP contribution in [-0.4, -0.2) is 5.91 Å². The number of nitrogens with one attached hydrogen (secondary N) is 1. The van der Waals surface area contributed by atoms with Crippen LogP contribution < -0.4 is 5.32 Å². The summed E-state index contributed by atoms with van der Waals surface area (Å²) >= 11 is 12.0. The van der Waals surface area contributed by atoms with Gasteiger partial charge in [-0.15, -0.1) is 0 Å². The Labute approximate surface area is 138 Å². The zero-order valence-corrected chi connectivity index (χ0v) is 13.3. The van der Waals surface area contributed by atoms with Gasteiger partial charge in [-0.2, -0.15) is 0 Å².